The molecule has 1 aromatic rings. The first-order valence-corrected chi connectivity index (χ1v) is 5.67. The van der Waals surface area contributed by atoms with Crippen LogP contribution in [0.1, 0.15) is 30.9 Å². The number of pyridine rings is 1. The van der Waals surface area contributed by atoms with E-state index < -0.39 is 0 Å². The predicted octanol–water partition coefficient (Wildman–Crippen LogP) is 2.15. The van der Waals surface area contributed by atoms with Crippen LogP contribution < -0.4 is 11.3 Å². The van der Waals surface area contributed by atoms with Crippen molar-refractivity contribution in [3.05, 3.63) is 28.5 Å². The minimum absolute atomic E-state index is 0.258. The van der Waals surface area contributed by atoms with Crippen LogP contribution in [-0.2, 0) is 0 Å². The highest BCUT2D eigenvalue weighted by Crippen LogP contribution is 2.37. The van der Waals surface area contributed by atoms with Crippen molar-refractivity contribution in [2.45, 2.75) is 25.3 Å². The molecule has 0 bridgehead atoms. The molecular formula is C10H14BrN3. The van der Waals surface area contributed by atoms with E-state index in [9.17, 15) is 0 Å². The molecule has 0 spiro atoms. The molecule has 2 rings (SSSR count). The van der Waals surface area contributed by atoms with Gasteiger partial charge in [0.25, 0.3) is 0 Å². The Kier molecular flexibility index (Phi) is 3.15. The van der Waals surface area contributed by atoms with Crippen molar-refractivity contribution < 1.29 is 0 Å². The third kappa shape index (κ3) is 1.97. The van der Waals surface area contributed by atoms with Gasteiger partial charge in [-0.15, -0.1) is 0 Å². The number of aromatic nitrogens is 1. The van der Waals surface area contributed by atoms with Gasteiger partial charge in [0.2, 0.25) is 0 Å². The highest BCUT2D eigenvalue weighted by molar-refractivity contribution is 9.10. The van der Waals surface area contributed by atoms with Gasteiger partial charge in [0.15, 0.2) is 0 Å². The summed E-state index contributed by atoms with van der Waals surface area (Å²) < 4.78 is 1.01. The van der Waals surface area contributed by atoms with Crippen molar-refractivity contribution in [3.63, 3.8) is 0 Å². The summed E-state index contributed by atoms with van der Waals surface area (Å²) in [4.78, 5) is 4.15. The van der Waals surface area contributed by atoms with Gasteiger partial charge in [0.05, 0.1) is 6.04 Å². The summed E-state index contributed by atoms with van der Waals surface area (Å²) in [5.41, 5.74) is 4.06. The monoisotopic (exact) mass is 255 g/mol. The zero-order valence-electron chi connectivity index (χ0n) is 7.91. The average molecular weight is 256 g/mol. The normalized spacial score (nSPS) is 19.0. The van der Waals surface area contributed by atoms with E-state index in [0.29, 0.717) is 5.92 Å². The largest absolute Gasteiger partial charge is 0.271 e. The first kappa shape index (κ1) is 10.1. The molecule has 1 saturated carbocycles. The van der Waals surface area contributed by atoms with Crippen LogP contribution in [0, 0.1) is 5.92 Å². The van der Waals surface area contributed by atoms with Crippen LogP contribution in [0.3, 0.4) is 0 Å². The maximum atomic E-state index is 5.57. The van der Waals surface area contributed by atoms with E-state index in [-0.39, 0.29) is 6.04 Å². The lowest BCUT2D eigenvalue weighted by Gasteiger charge is -2.33. The van der Waals surface area contributed by atoms with Crippen molar-refractivity contribution in [1.82, 2.24) is 10.4 Å². The SMILES string of the molecule is NNC(c1cncc(Br)c1)C1CCC1. The summed E-state index contributed by atoms with van der Waals surface area (Å²) in [7, 11) is 0. The molecule has 4 heteroatoms. The zero-order chi connectivity index (χ0) is 9.97. The Labute approximate surface area is 92.2 Å². The molecule has 1 aliphatic rings. The number of nitrogens with one attached hydrogen (secondary N) is 1. The molecule has 0 amide bonds. The quantitative estimate of drug-likeness (QED) is 0.643. The average Bonchev–Trinajstić information content (AvgIpc) is 2.10. The van der Waals surface area contributed by atoms with Gasteiger partial charge in [-0.05, 0) is 46.3 Å². The summed E-state index contributed by atoms with van der Waals surface area (Å²) >= 11 is 3.42. The molecule has 3 nitrogen and oxygen atoms in total. The van der Waals surface area contributed by atoms with Gasteiger partial charge in [-0.2, -0.15) is 0 Å². The molecule has 0 radical (unpaired) electrons. The molecule has 14 heavy (non-hydrogen) atoms. The Morgan fingerprint density at radius 1 is 1.50 bits per heavy atom. The number of halogens is 1. The van der Waals surface area contributed by atoms with Gasteiger partial charge in [-0.1, -0.05) is 6.42 Å². The third-order valence-electron chi connectivity index (χ3n) is 2.89. The highest BCUT2D eigenvalue weighted by Gasteiger charge is 2.27. The molecule has 1 aromatic heterocycles. The molecule has 3 N–H and O–H groups in total. The number of nitrogens with zero attached hydrogens (tertiary/aromatic N) is 1. The fourth-order valence-corrected chi connectivity index (χ4v) is 2.26. The molecule has 1 heterocycles. The molecule has 1 aliphatic carbocycles. The summed E-state index contributed by atoms with van der Waals surface area (Å²) in [6, 6.07) is 2.34. The van der Waals surface area contributed by atoms with Gasteiger partial charge in [-0.3, -0.25) is 16.3 Å². The number of rotatable bonds is 3. The van der Waals surface area contributed by atoms with Gasteiger partial charge in [0, 0.05) is 16.9 Å². The second-order valence-corrected chi connectivity index (χ2v) is 4.69. The fraction of sp³-hybridized carbons (Fsp3) is 0.500. The Morgan fingerprint density at radius 2 is 2.29 bits per heavy atom. The Morgan fingerprint density at radius 3 is 2.79 bits per heavy atom. The van der Waals surface area contributed by atoms with E-state index in [2.05, 4.69) is 32.4 Å². The minimum atomic E-state index is 0.258. The van der Waals surface area contributed by atoms with E-state index in [4.69, 9.17) is 5.84 Å². The van der Waals surface area contributed by atoms with Crippen molar-refractivity contribution in [3.8, 4) is 0 Å². The maximum absolute atomic E-state index is 5.57. The summed E-state index contributed by atoms with van der Waals surface area (Å²) in [5.74, 6) is 6.25. The number of hydrogen-bond donors (Lipinski definition) is 2. The van der Waals surface area contributed by atoms with Gasteiger partial charge < -0.3 is 0 Å². The van der Waals surface area contributed by atoms with Crippen LogP contribution in [0.5, 0.6) is 0 Å². The molecule has 0 aromatic carbocycles. The smallest absolute Gasteiger partial charge is 0.0503 e. The lowest BCUT2D eigenvalue weighted by Crippen LogP contribution is -2.36. The topological polar surface area (TPSA) is 50.9 Å². The lowest BCUT2D eigenvalue weighted by atomic mass is 9.78. The third-order valence-corrected chi connectivity index (χ3v) is 3.32. The van der Waals surface area contributed by atoms with Crippen molar-refractivity contribution in [2.75, 3.05) is 0 Å². The van der Waals surface area contributed by atoms with Crippen molar-refractivity contribution in [1.29, 1.82) is 0 Å². The molecule has 1 fully saturated rings. The Balaban J connectivity index is 2.17. The molecule has 0 aliphatic heterocycles. The molecule has 0 saturated heterocycles. The highest BCUT2D eigenvalue weighted by atomic mass is 79.9. The summed E-state index contributed by atoms with van der Waals surface area (Å²) in [5, 5.41) is 0. The van der Waals surface area contributed by atoms with Crippen LogP contribution in [0.2, 0.25) is 0 Å². The Hall–Kier alpha value is -0.450. The van der Waals surface area contributed by atoms with Crippen molar-refractivity contribution >= 4 is 15.9 Å². The van der Waals surface area contributed by atoms with Crippen molar-refractivity contribution in [2.24, 2.45) is 11.8 Å². The lowest BCUT2D eigenvalue weighted by molar-refractivity contribution is 0.232. The number of hydrogen-bond acceptors (Lipinski definition) is 3. The van der Waals surface area contributed by atoms with Crippen LogP contribution in [0.25, 0.3) is 0 Å². The molecule has 1 atom stereocenters. The minimum Gasteiger partial charge on any atom is -0.271 e. The summed E-state index contributed by atoms with van der Waals surface area (Å²) in [6.45, 7) is 0. The van der Waals surface area contributed by atoms with E-state index in [1.807, 2.05) is 6.20 Å². The second-order valence-electron chi connectivity index (χ2n) is 3.77. The van der Waals surface area contributed by atoms with Crippen LogP contribution in [0.15, 0.2) is 22.9 Å². The molecule has 1 unspecified atom stereocenters. The second kappa shape index (κ2) is 4.38. The van der Waals surface area contributed by atoms with Crippen LogP contribution >= 0.6 is 15.9 Å². The van der Waals surface area contributed by atoms with Gasteiger partial charge in [-0.25, -0.2) is 0 Å². The zero-order valence-corrected chi connectivity index (χ0v) is 9.50. The van der Waals surface area contributed by atoms with Gasteiger partial charge in [0.1, 0.15) is 0 Å². The Bertz CT molecular complexity index is 312. The van der Waals surface area contributed by atoms with Crippen LogP contribution in [0.4, 0.5) is 0 Å². The molecular weight excluding hydrogens is 242 g/mol. The molecule has 76 valence electrons. The van der Waals surface area contributed by atoms with E-state index in [0.717, 1.165) is 4.47 Å². The standard InChI is InChI=1S/C10H14BrN3/c11-9-4-8(5-13-6-9)10(14-12)7-2-1-3-7/h4-7,10,14H,1-3,12H2. The first-order valence-electron chi connectivity index (χ1n) is 4.88. The van der Waals surface area contributed by atoms with Gasteiger partial charge >= 0.3 is 0 Å². The number of hydrazine groups is 1. The number of nitrogens with two attached hydrogens (primary N) is 1. The predicted molar refractivity (Wildman–Crippen MR) is 59.3 cm³/mol. The van der Waals surface area contributed by atoms with Crippen LogP contribution in [-0.4, -0.2) is 4.98 Å². The van der Waals surface area contributed by atoms with E-state index >= 15 is 0 Å². The maximum Gasteiger partial charge on any atom is 0.0503 e. The van der Waals surface area contributed by atoms with E-state index in [1.54, 1.807) is 6.20 Å². The first-order chi connectivity index (χ1) is 6.81. The van der Waals surface area contributed by atoms with E-state index in [1.165, 1.54) is 24.8 Å². The fourth-order valence-electron chi connectivity index (χ4n) is 1.88. The summed E-state index contributed by atoms with van der Waals surface area (Å²) in [6.07, 6.45) is 7.53.